The number of nitrogens with zero attached hydrogens (tertiary/aromatic N) is 2. The number of aromatic nitrogens is 2. The van der Waals surface area contributed by atoms with Gasteiger partial charge < -0.3 is 10.1 Å². The van der Waals surface area contributed by atoms with Gasteiger partial charge in [0, 0.05) is 17.8 Å². The monoisotopic (exact) mass is 365 g/mol. The number of amides is 1. The van der Waals surface area contributed by atoms with E-state index in [-0.39, 0.29) is 17.7 Å². The van der Waals surface area contributed by atoms with Crippen molar-refractivity contribution in [3.63, 3.8) is 0 Å². The highest BCUT2D eigenvalue weighted by Gasteiger charge is 2.11. The summed E-state index contributed by atoms with van der Waals surface area (Å²) < 4.78 is 20.4. The summed E-state index contributed by atoms with van der Waals surface area (Å²) in [6.07, 6.45) is 6.63. The summed E-state index contributed by atoms with van der Waals surface area (Å²) in [4.78, 5) is 12.1. The van der Waals surface area contributed by atoms with Crippen LogP contribution in [-0.2, 0) is 4.79 Å². The van der Waals surface area contributed by atoms with E-state index in [2.05, 4.69) is 10.4 Å². The first kappa shape index (κ1) is 18.4. The fraction of sp³-hybridized carbons (Fsp3) is 0.143. The fourth-order valence-corrected chi connectivity index (χ4v) is 2.61. The lowest BCUT2D eigenvalue weighted by molar-refractivity contribution is -0.117. The maximum absolute atomic E-state index is 13.8. The van der Waals surface area contributed by atoms with Crippen LogP contribution in [-0.4, -0.2) is 22.8 Å². The molecule has 0 bridgehead atoms. The van der Waals surface area contributed by atoms with Crippen LogP contribution in [0.25, 0.3) is 11.8 Å². The summed E-state index contributed by atoms with van der Waals surface area (Å²) in [6, 6.07) is 14.0. The van der Waals surface area contributed by atoms with Crippen molar-refractivity contribution in [3.8, 4) is 11.4 Å². The number of carbonyl (C=O) groups excluding carboxylic acids is 1. The third-order valence-corrected chi connectivity index (χ3v) is 4.09. The van der Waals surface area contributed by atoms with Gasteiger partial charge in [-0.3, -0.25) is 4.79 Å². The lowest BCUT2D eigenvalue weighted by atomic mass is 10.1. The lowest BCUT2D eigenvalue weighted by Crippen LogP contribution is -2.24. The van der Waals surface area contributed by atoms with Gasteiger partial charge in [0.2, 0.25) is 5.91 Å². The molecule has 1 atom stereocenters. The number of rotatable bonds is 6. The summed E-state index contributed by atoms with van der Waals surface area (Å²) >= 11 is 0. The van der Waals surface area contributed by atoms with Crippen molar-refractivity contribution < 1.29 is 13.9 Å². The Kier molecular flexibility index (Phi) is 5.66. The molecule has 5 nitrogen and oxygen atoms in total. The van der Waals surface area contributed by atoms with Crippen molar-refractivity contribution in [2.75, 3.05) is 7.11 Å². The molecule has 3 rings (SSSR count). The second-order valence-corrected chi connectivity index (χ2v) is 6.01. The molecule has 0 fully saturated rings. The molecule has 1 heterocycles. The van der Waals surface area contributed by atoms with Crippen LogP contribution in [0.15, 0.2) is 67.0 Å². The highest BCUT2D eigenvalue weighted by Crippen LogP contribution is 2.21. The quantitative estimate of drug-likeness (QED) is 0.674. The van der Waals surface area contributed by atoms with Gasteiger partial charge in [0.05, 0.1) is 25.0 Å². The highest BCUT2D eigenvalue weighted by molar-refractivity contribution is 5.91. The van der Waals surface area contributed by atoms with Crippen molar-refractivity contribution in [2.45, 2.75) is 13.0 Å². The van der Waals surface area contributed by atoms with Crippen LogP contribution in [0.1, 0.15) is 24.1 Å². The molecule has 0 spiro atoms. The third-order valence-electron chi connectivity index (χ3n) is 4.09. The largest absolute Gasteiger partial charge is 0.494 e. The van der Waals surface area contributed by atoms with Crippen LogP contribution in [0, 0.1) is 5.82 Å². The third kappa shape index (κ3) is 4.61. The van der Waals surface area contributed by atoms with Gasteiger partial charge in [0.25, 0.3) is 0 Å². The van der Waals surface area contributed by atoms with E-state index in [1.807, 2.05) is 36.5 Å². The zero-order valence-electron chi connectivity index (χ0n) is 15.1. The SMILES string of the molecule is COc1ccc([C@H](C)NC(=O)/C=C/c2cnn(-c3ccccc3)c2)cc1F. The van der Waals surface area contributed by atoms with Gasteiger partial charge in [-0.2, -0.15) is 5.10 Å². The fourth-order valence-electron chi connectivity index (χ4n) is 2.61. The van der Waals surface area contributed by atoms with Crippen molar-refractivity contribution >= 4 is 12.0 Å². The summed E-state index contributed by atoms with van der Waals surface area (Å²) in [6.45, 7) is 1.79. The van der Waals surface area contributed by atoms with E-state index >= 15 is 0 Å². The minimum absolute atomic E-state index is 0.174. The van der Waals surface area contributed by atoms with Gasteiger partial charge in [-0.15, -0.1) is 0 Å². The van der Waals surface area contributed by atoms with Crippen LogP contribution >= 0.6 is 0 Å². The second kappa shape index (κ2) is 8.31. The molecule has 138 valence electrons. The Morgan fingerprint density at radius 2 is 2.04 bits per heavy atom. The number of hydrogen-bond acceptors (Lipinski definition) is 3. The molecule has 0 radical (unpaired) electrons. The van der Waals surface area contributed by atoms with Crippen LogP contribution < -0.4 is 10.1 Å². The molecule has 1 N–H and O–H groups in total. The summed E-state index contributed by atoms with van der Waals surface area (Å²) in [7, 11) is 1.41. The average molecular weight is 365 g/mol. The number of ether oxygens (including phenoxy) is 1. The Balaban J connectivity index is 1.62. The number of carbonyl (C=O) groups is 1. The smallest absolute Gasteiger partial charge is 0.244 e. The Morgan fingerprint density at radius 1 is 1.26 bits per heavy atom. The van der Waals surface area contributed by atoms with E-state index in [0.717, 1.165) is 11.3 Å². The Labute approximate surface area is 157 Å². The zero-order valence-corrected chi connectivity index (χ0v) is 15.1. The van der Waals surface area contributed by atoms with Crippen molar-refractivity contribution in [3.05, 3.63) is 83.9 Å². The van der Waals surface area contributed by atoms with E-state index in [1.54, 1.807) is 36.0 Å². The summed E-state index contributed by atoms with van der Waals surface area (Å²) in [5, 5.41) is 7.09. The van der Waals surface area contributed by atoms with Crippen molar-refractivity contribution in [2.24, 2.45) is 0 Å². The van der Waals surface area contributed by atoms with Gasteiger partial charge in [0.15, 0.2) is 11.6 Å². The molecule has 2 aromatic carbocycles. The number of hydrogen-bond donors (Lipinski definition) is 1. The molecule has 0 aliphatic carbocycles. The highest BCUT2D eigenvalue weighted by atomic mass is 19.1. The normalized spacial score (nSPS) is 12.1. The van der Waals surface area contributed by atoms with Gasteiger partial charge >= 0.3 is 0 Å². The minimum Gasteiger partial charge on any atom is -0.494 e. The summed E-state index contributed by atoms with van der Waals surface area (Å²) in [5.74, 6) is -0.557. The van der Waals surface area contributed by atoms with Gasteiger partial charge in [-0.1, -0.05) is 24.3 Å². The van der Waals surface area contributed by atoms with E-state index in [1.165, 1.54) is 19.3 Å². The molecule has 0 saturated heterocycles. The first-order valence-electron chi connectivity index (χ1n) is 8.49. The molecular formula is C21H20FN3O2. The predicted octanol–water partition coefficient (Wildman–Crippen LogP) is 3.91. The number of methoxy groups -OCH3 is 1. The number of para-hydroxylation sites is 1. The zero-order chi connectivity index (χ0) is 19.2. The Bertz CT molecular complexity index is 951. The van der Waals surface area contributed by atoms with Crippen LogP contribution in [0.5, 0.6) is 5.75 Å². The van der Waals surface area contributed by atoms with Crippen LogP contribution in [0.2, 0.25) is 0 Å². The minimum atomic E-state index is -0.458. The van der Waals surface area contributed by atoms with E-state index in [4.69, 9.17) is 4.74 Å². The van der Waals surface area contributed by atoms with Gasteiger partial charge in [0.1, 0.15) is 0 Å². The van der Waals surface area contributed by atoms with Crippen molar-refractivity contribution in [1.29, 1.82) is 0 Å². The second-order valence-electron chi connectivity index (χ2n) is 6.01. The molecule has 0 aliphatic heterocycles. The Hall–Kier alpha value is -3.41. The van der Waals surface area contributed by atoms with E-state index in [9.17, 15) is 9.18 Å². The average Bonchev–Trinajstić information content (AvgIpc) is 3.16. The van der Waals surface area contributed by atoms with Crippen molar-refractivity contribution in [1.82, 2.24) is 15.1 Å². The lowest BCUT2D eigenvalue weighted by Gasteiger charge is -2.14. The van der Waals surface area contributed by atoms with Gasteiger partial charge in [-0.25, -0.2) is 9.07 Å². The van der Waals surface area contributed by atoms with Gasteiger partial charge in [-0.05, 0) is 42.8 Å². The van der Waals surface area contributed by atoms with Crippen LogP contribution in [0.4, 0.5) is 4.39 Å². The standard InChI is InChI=1S/C21H20FN3O2/c1-15(17-9-10-20(27-2)19(22)12-17)24-21(26)11-8-16-13-23-25(14-16)18-6-4-3-5-7-18/h3-15H,1-2H3,(H,24,26)/b11-8+/t15-/m0/s1. The molecule has 0 unspecified atom stereocenters. The predicted molar refractivity (Wildman–Crippen MR) is 102 cm³/mol. The maximum atomic E-state index is 13.8. The molecule has 1 aromatic heterocycles. The van der Waals surface area contributed by atoms with E-state index in [0.29, 0.717) is 5.56 Å². The summed E-state index contributed by atoms with van der Waals surface area (Å²) in [5.41, 5.74) is 2.40. The topological polar surface area (TPSA) is 56.1 Å². The molecule has 1 amide bonds. The molecule has 3 aromatic rings. The Morgan fingerprint density at radius 3 is 2.74 bits per heavy atom. The molecule has 27 heavy (non-hydrogen) atoms. The first-order chi connectivity index (χ1) is 13.1. The molecule has 0 aliphatic rings. The molecule has 0 saturated carbocycles. The van der Waals surface area contributed by atoms with E-state index < -0.39 is 5.82 Å². The number of nitrogens with one attached hydrogen (secondary N) is 1. The number of benzene rings is 2. The van der Waals surface area contributed by atoms with Crippen LogP contribution in [0.3, 0.4) is 0 Å². The molecular weight excluding hydrogens is 345 g/mol. The maximum Gasteiger partial charge on any atom is 0.244 e. The molecule has 6 heteroatoms. The number of halogens is 1. The first-order valence-corrected chi connectivity index (χ1v) is 8.49.